The second kappa shape index (κ2) is 7.88. The molecular weight excluding hydrogens is 278 g/mol. The third kappa shape index (κ3) is 4.98. The first kappa shape index (κ1) is 17.3. The molecule has 0 saturated carbocycles. The van der Waals surface area contributed by atoms with Gasteiger partial charge in [-0.3, -0.25) is 10.1 Å². The molecule has 2 N–H and O–H groups in total. The molecule has 3 atom stereocenters. The molecule has 1 aliphatic rings. The summed E-state index contributed by atoms with van der Waals surface area (Å²) >= 11 is 1.30. The van der Waals surface area contributed by atoms with Crippen molar-refractivity contribution >= 4 is 23.7 Å². The van der Waals surface area contributed by atoms with E-state index in [2.05, 4.69) is 12.2 Å². The number of carboxylic acid groups (broad SMARTS) is 1. The predicted octanol–water partition coefficient (Wildman–Crippen LogP) is 2.39. The maximum absolute atomic E-state index is 12.1. The summed E-state index contributed by atoms with van der Waals surface area (Å²) < 4.78 is 5.43. The number of hydrogen-bond acceptors (Lipinski definition) is 5. The number of carbonyl (C=O) groups excluding carboxylic acids is 1. The summed E-state index contributed by atoms with van der Waals surface area (Å²) in [6, 6.07) is -0.683. The predicted molar refractivity (Wildman–Crippen MR) is 79.7 cm³/mol. The number of esters is 1. The molecule has 0 aromatic rings. The van der Waals surface area contributed by atoms with Crippen LogP contribution in [0.3, 0.4) is 0 Å². The summed E-state index contributed by atoms with van der Waals surface area (Å²) in [4.78, 5) is 22.1. The van der Waals surface area contributed by atoms with Crippen molar-refractivity contribution < 1.29 is 19.4 Å². The molecule has 1 aliphatic heterocycles. The van der Waals surface area contributed by atoms with Crippen LogP contribution in [-0.2, 0) is 14.3 Å². The first-order valence-corrected chi connectivity index (χ1v) is 8.23. The maximum atomic E-state index is 12.1. The van der Waals surface area contributed by atoms with Gasteiger partial charge in [0, 0.05) is 5.75 Å². The van der Waals surface area contributed by atoms with Gasteiger partial charge >= 0.3 is 11.9 Å². The summed E-state index contributed by atoms with van der Waals surface area (Å²) in [6.45, 7) is 5.74. The minimum absolute atomic E-state index is 0.123. The number of nitrogens with one attached hydrogen (secondary N) is 1. The van der Waals surface area contributed by atoms with Gasteiger partial charge < -0.3 is 9.84 Å². The van der Waals surface area contributed by atoms with Crippen LogP contribution in [0.5, 0.6) is 0 Å². The molecule has 0 aliphatic carbocycles. The number of aliphatic carboxylic acids is 1. The van der Waals surface area contributed by atoms with Gasteiger partial charge in [0.25, 0.3) is 0 Å². The zero-order valence-corrected chi connectivity index (χ0v) is 13.3. The fourth-order valence-electron chi connectivity index (χ4n) is 2.13. The van der Waals surface area contributed by atoms with Crippen LogP contribution in [0.2, 0.25) is 0 Å². The van der Waals surface area contributed by atoms with E-state index in [0.29, 0.717) is 5.75 Å². The molecule has 1 saturated heterocycles. The van der Waals surface area contributed by atoms with Gasteiger partial charge in [-0.25, -0.2) is 4.79 Å². The Morgan fingerprint density at radius 2 is 2.15 bits per heavy atom. The van der Waals surface area contributed by atoms with E-state index in [4.69, 9.17) is 9.84 Å². The lowest BCUT2D eigenvalue weighted by atomic mass is 10.1. The Bertz CT molecular complexity index is 350. The number of carbonyl (C=O) groups is 2. The number of carboxylic acids is 1. The summed E-state index contributed by atoms with van der Waals surface area (Å²) in [5.74, 6) is -0.915. The number of thioether (sulfide) groups is 1. The Labute approximate surface area is 124 Å². The molecule has 116 valence electrons. The largest absolute Gasteiger partial charge is 0.480 e. The number of ether oxygens (including phenoxy) is 1. The summed E-state index contributed by atoms with van der Waals surface area (Å²) in [7, 11) is 0. The van der Waals surface area contributed by atoms with E-state index in [9.17, 15) is 9.59 Å². The normalized spacial score (nSPS) is 27.2. The van der Waals surface area contributed by atoms with Crippen LogP contribution in [0.25, 0.3) is 0 Å². The minimum Gasteiger partial charge on any atom is -0.480 e. The van der Waals surface area contributed by atoms with E-state index < -0.39 is 16.9 Å². The highest BCUT2D eigenvalue weighted by Crippen LogP contribution is 2.32. The van der Waals surface area contributed by atoms with E-state index in [1.807, 2.05) is 6.92 Å². The zero-order chi connectivity index (χ0) is 15.2. The van der Waals surface area contributed by atoms with Crippen LogP contribution >= 0.6 is 11.8 Å². The molecule has 0 radical (unpaired) electrons. The molecule has 0 amide bonds. The molecule has 6 heteroatoms. The lowest BCUT2D eigenvalue weighted by molar-refractivity contribution is -0.152. The highest BCUT2D eigenvalue weighted by atomic mass is 32.2. The van der Waals surface area contributed by atoms with E-state index in [0.717, 1.165) is 19.3 Å². The topological polar surface area (TPSA) is 75.6 Å². The standard InChI is InChI=1S/C14H25NO4S/c1-4-5-6-7-8-10(2)19-13(18)14(3)15-11(9-20-14)12(16)17/h10-11,15H,4-9H2,1-3H3,(H,16,17)/t10?,11-,14?/m0/s1. The second-order valence-electron chi connectivity index (χ2n) is 5.44. The highest BCUT2D eigenvalue weighted by Gasteiger charge is 2.45. The fraction of sp³-hybridized carbons (Fsp3) is 0.857. The average molecular weight is 303 g/mol. The molecule has 5 nitrogen and oxygen atoms in total. The number of rotatable bonds is 8. The monoisotopic (exact) mass is 303 g/mol. The molecule has 1 fully saturated rings. The van der Waals surface area contributed by atoms with Crippen molar-refractivity contribution in [1.29, 1.82) is 0 Å². The van der Waals surface area contributed by atoms with Crippen LogP contribution in [0.4, 0.5) is 0 Å². The Hall–Kier alpha value is -0.750. The highest BCUT2D eigenvalue weighted by molar-refractivity contribution is 8.01. The smallest absolute Gasteiger partial charge is 0.336 e. The molecule has 0 spiro atoms. The van der Waals surface area contributed by atoms with Crippen molar-refractivity contribution in [2.75, 3.05) is 5.75 Å². The van der Waals surface area contributed by atoms with E-state index in [-0.39, 0.29) is 12.1 Å². The first-order chi connectivity index (χ1) is 9.39. The lowest BCUT2D eigenvalue weighted by Gasteiger charge is -2.24. The van der Waals surface area contributed by atoms with Crippen LogP contribution in [-0.4, -0.2) is 39.8 Å². The van der Waals surface area contributed by atoms with Crippen LogP contribution in [0.1, 0.15) is 52.9 Å². The molecule has 1 rings (SSSR count). The van der Waals surface area contributed by atoms with E-state index >= 15 is 0 Å². The fourth-order valence-corrected chi connectivity index (χ4v) is 3.25. The Balaban J connectivity index is 2.36. The number of hydrogen-bond donors (Lipinski definition) is 2. The van der Waals surface area contributed by atoms with Gasteiger partial charge in [-0.15, -0.1) is 11.8 Å². The SMILES string of the molecule is CCCCCCC(C)OC(=O)C1(C)N[C@H](C(=O)O)CS1. The van der Waals surface area contributed by atoms with Gasteiger partial charge in [0.05, 0.1) is 6.10 Å². The molecule has 20 heavy (non-hydrogen) atoms. The third-order valence-corrected chi connectivity index (χ3v) is 4.81. The first-order valence-electron chi connectivity index (χ1n) is 7.24. The van der Waals surface area contributed by atoms with Crippen molar-refractivity contribution in [3.8, 4) is 0 Å². The Morgan fingerprint density at radius 1 is 1.45 bits per heavy atom. The second-order valence-corrected chi connectivity index (χ2v) is 6.88. The zero-order valence-electron chi connectivity index (χ0n) is 12.5. The van der Waals surface area contributed by atoms with Crippen LogP contribution in [0, 0.1) is 0 Å². The third-order valence-electron chi connectivity index (χ3n) is 3.45. The molecular formula is C14H25NO4S. The quantitative estimate of drug-likeness (QED) is 0.530. The van der Waals surface area contributed by atoms with Crippen molar-refractivity contribution in [3.05, 3.63) is 0 Å². The van der Waals surface area contributed by atoms with E-state index in [1.54, 1.807) is 6.92 Å². The summed E-state index contributed by atoms with van der Waals surface area (Å²) in [6.07, 6.45) is 5.33. The van der Waals surface area contributed by atoms with Gasteiger partial charge in [0.2, 0.25) is 0 Å². The molecule has 0 aromatic heterocycles. The summed E-state index contributed by atoms with van der Waals surface area (Å²) in [5.41, 5.74) is 0. The van der Waals surface area contributed by atoms with Crippen molar-refractivity contribution in [3.63, 3.8) is 0 Å². The number of unbranched alkanes of at least 4 members (excludes halogenated alkanes) is 3. The van der Waals surface area contributed by atoms with Crippen molar-refractivity contribution in [2.24, 2.45) is 0 Å². The van der Waals surface area contributed by atoms with Crippen molar-refractivity contribution in [2.45, 2.75) is 69.9 Å². The van der Waals surface area contributed by atoms with Gasteiger partial charge in [0.1, 0.15) is 6.04 Å². The Kier molecular flexibility index (Phi) is 6.82. The summed E-state index contributed by atoms with van der Waals surface area (Å²) in [5, 5.41) is 11.8. The van der Waals surface area contributed by atoms with Crippen molar-refractivity contribution in [1.82, 2.24) is 5.32 Å². The molecule has 1 heterocycles. The van der Waals surface area contributed by atoms with Crippen LogP contribution in [0.15, 0.2) is 0 Å². The Morgan fingerprint density at radius 3 is 2.70 bits per heavy atom. The van der Waals surface area contributed by atoms with Gasteiger partial charge in [-0.1, -0.05) is 26.2 Å². The van der Waals surface area contributed by atoms with Crippen LogP contribution < -0.4 is 5.32 Å². The molecule has 0 bridgehead atoms. The lowest BCUT2D eigenvalue weighted by Crippen LogP contribution is -2.49. The van der Waals surface area contributed by atoms with Gasteiger partial charge in [-0.2, -0.15) is 0 Å². The van der Waals surface area contributed by atoms with E-state index in [1.165, 1.54) is 24.6 Å². The average Bonchev–Trinajstić information content (AvgIpc) is 2.79. The van der Waals surface area contributed by atoms with Gasteiger partial charge in [-0.05, 0) is 26.7 Å². The molecule has 2 unspecified atom stereocenters. The molecule has 0 aromatic carbocycles. The minimum atomic E-state index is -0.944. The maximum Gasteiger partial charge on any atom is 0.336 e. The van der Waals surface area contributed by atoms with Gasteiger partial charge in [0.15, 0.2) is 4.87 Å².